The first-order valence-electron chi connectivity index (χ1n) is 7.18. The van der Waals surface area contributed by atoms with E-state index in [-0.39, 0.29) is 24.0 Å². The minimum atomic E-state index is -3.34. The standard InChI is InChI=1S/C13H23NO4S/c15-13(16)8-12(11-6-7-11)14-19(17,18)9-10-4-2-1-3-5-10/h10-12,14H,1-9H2,(H,15,16). The zero-order valence-corrected chi connectivity index (χ0v) is 12.0. The van der Waals surface area contributed by atoms with Crippen LogP contribution in [0.3, 0.4) is 0 Å². The van der Waals surface area contributed by atoms with Gasteiger partial charge in [-0.3, -0.25) is 4.79 Å². The zero-order valence-electron chi connectivity index (χ0n) is 11.2. The number of rotatable bonds is 7. The van der Waals surface area contributed by atoms with E-state index in [1.54, 1.807) is 0 Å². The number of hydrogen-bond donors (Lipinski definition) is 2. The van der Waals surface area contributed by atoms with E-state index in [1.807, 2.05) is 0 Å². The molecule has 1 unspecified atom stereocenters. The van der Waals surface area contributed by atoms with E-state index in [1.165, 1.54) is 6.42 Å². The maximum atomic E-state index is 12.1. The number of aliphatic carboxylic acids is 1. The van der Waals surface area contributed by atoms with Gasteiger partial charge in [0.05, 0.1) is 12.2 Å². The van der Waals surface area contributed by atoms with E-state index < -0.39 is 22.0 Å². The molecule has 2 fully saturated rings. The van der Waals surface area contributed by atoms with Crippen molar-refractivity contribution in [3.63, 3.8) is 0 Å². The van der Waals surface area contributed by atoms with Crippen LogP contribution in [0.15, 0.2) is 0 Å². The van der Waals surface area contributed by atoms with Crippen molar-refractivity contribution in [2.75, 3.05) is 5.75 Å². The molecule has 2 aliphatic carbocycles. The highest BCUT2D eigenvalue weighted by atomic mass is 32.2. The van der Waals surface area contributed by atoms with Gasteiger partial charge in [0.15, 0.2) is 0 Å². The summed E-state index contributed by atoms with van der Waals surface area (Å²) < 4.78 is 26.9. The summed E-state index contributed by atoms with van der Waals surface area (Å²) in [7, 11) is -3.34. The number of sulfonamides is 1. The van der Waals surface area contributed by atoms with Gasteiger partial charge in [0, 0.05) is 6.04 Å². The lowest BCUT2D eigenvalue weighted by atomic mass is 9.91. The molecule has 0 bridgehead atoms. The van der Waals surface area contributed by atoms with Crippen molar-refractivity contribution >= 4 is 16.0 Å². The van der Waals surface area contributed by atoms with E-state index in [4.69, 9.17) is 5.11 Å². The summed E-state index contributed by atoms with van der Waals surface area (Å²) in [5.74, 6) is -0.305. The fourth-order valence-corrected chi connectivity index (χ4v) is 4.72. The third-order valence-electron chi connectivity index (χ3n) is 4.10. The number of carboxylic acids is 1. The summed E-state index contributed by atoms with van der Waals surface area (Å²) in [5.41, 5.74) is 0. The summed E-state index contributed by atoms with van der Waals surface area (Å²) in [4.78, 5) is 10.8. The second kappa shape index (κ2) is 6.22. The lowest BCUT2D eigenvalue weighted by molar-refractivity contribution is -0.137. The zero-order chi connectivity index (χ0) is 13.9. The van der Waals surface area contributed by atoms with E-state index >= 15 is 0 Å². The molecule has 0 amide bonds. The third-order valence-corrected chi connectivity index (χ3v) is 5.67. The van der Waals surface area contributed by atoms with Crippen LogP contribution < -0.4 is 4.72 Å². The van der Waals surface area contributed by atoms with Crippen LogP contribution in [0.1, 0.15) is 51.4 Å². The van der Waals surface area contributed by atoms with E-state index in [9.17, 15) is 13.2 Å². The van der Waals surface area contributed by atoms with Crippen molar-refractivity contribution in [1.29, 1.82) is 0 Å². The van der Waals surface area contributed by atoms with Crippen LogP contribution >= 0.6 is 0 Å². The predicted octanol–water partition coefficient (Wildman–Crippen LogP) is 1.74. The fourth-order valence-electron chi connectivity index (χ4n) is 2.93. The van der Waals surface area contributed by atoms with Crippen LogP contribution in [0.25, 0.3) is 0 Å². The summed E-state index contributed by atoms with van der Waals surface area (Å²) in [5, 5.41) is 8.84. The molecule has 19 heavy (non-hydrogen) atoms. The molecule has 0 saturated heterocycles. The van der Waals surface area contributed by atoms with Gasteiger partial charge in [-0.1, -0.05) is 19.3 Å². The van der Waals surface area contributed by atoms with E-state index in [0.717, 1.165) is 38.5 Å². The van der Waals surface area contributed by atoms with E-state index in [2.05, 4.69) is 4.72 Å². The van der Waals surface area contributed by atoms with Gasteiger partial charge in [-0.25, -0.2) is 13.1 Å². The lowest BCUT2D eigenvalue weighted by Crippen LogP contribution is -2.40. The van der Waals surface area contributed by atoms with Gasteiger partial charge < -0.3 is 5.11 Å². The van der Waals surface area contributed by atoms with Gasteiger partial charge in [0.1, 0.15) is 0 Å². The number of carboxylic acid groups (broad SMARTS) is 1. The minimum Gasteiger partial charge on any atom is -0.481 e. The Balaban J connectivity index is 1.88. The van der Waals surface area contributed by atoms with Crippen molar-refractivity contribution in [2.45, 2.75) is 57.4 Å². The van der Waals surface area contributed by atoms with Crippen LogP contribution in [0.5, 0.6) is 0 Å². The SMILES string of the molecule is O=C(O)CC(NS(=O)(=O)CC1CCCCC1)C1CC1. The molecule has 0 heterocycles. The molecular formula is C13H23NO4S. The Morgan fingerprint density at radius 1 is 1.16 bits per heavy atom. The Labute approximate surface area is 114 Å². The molecule has 2 saturated carbocycles. The number of carbonyl (C=O) groups is 1. The molecule has 0 aromatic carbocycles. The average Bonchev–Trinajstić information content (AvgIpc) is 3.11. The molecule has 5 nitrogen and oxygen atoms in total. The first-order valence-corrected chi connectivity index (χ1v) is 8.83. The Kier molecular flexibility index (Phi) is 4.84. The highest BCUT2D eigenvalue weighted by molar-refractivity contribution is 7.89. The molecule has 2 N–H and O–H groups in total. The van der Waals surface area contributed by atoms with Gasteiger partial charge in [0.25, 0.3) is 0 Å². The van der Waals surface area contributed by atoms with Crippen molar-refractivity contribution in [2.24, 2.45) is 11.8 Å². The van der Waals surface area contributed by atoms with Crippen molar-refractivity contribution in [1.82, 2.24) is 4.72 Å². The van der Waals surface area contributed by atoms with Crippen LogP contribution in [0.4, 0.5) is 0 Å². The Morgan fingerprint density at radius 3 is 2.32 bits per heavy atom. The van der Waals surface area contributed by atoms with Gasteiger partial charge in [-0.2, -0.15) is 0 Å². The molecule has 0 aromatic heterocycles. The second-order valence-corrected chi connectivity index (χ2v) is 7.74. The molecule has 0 radical (unpaired) electrons. The molecule has 6 heteroatoms. The fraction of sp³-hybridized carbons (Fsp3) is 0.923. The largest absolute Gasteiger partial charge is 0.481 e. The molecule has 0 aromatic rings. The molecular weight excluding hydrogens is 266 g/mol. The Morgan fingerprint density at radius 2 is 1.79 bits per heavy atom. The smallest absolute Gasteiger partial charge is 0.304 e. The highest BCUT2D eigenvalue weighted by Gasteiger charge is 2.35. The summed E-state index contributed by atoms with van der Waals surface area (Å²) in [6.45, 7) is 0. The van der Waals surface area contributed by atoms with E-state index in [0.29, 0.717) is 0 Å². The van der Waals surface area contributed by atoms with Gasteiger partial charge in [0.2, 0.25) is 10.0 Å². The van der Waals surface area contributed by atoms with Crippen LogP contribution in [-0.4, -0.2) is 31.3 Å². The van der Waals surface area contributed by atoms with Crippen molar-refractivity contribution in [3.05, 3.63) is 0 Å². The summed E-state index contributed by atoms with van der Waals surface area (Å²) >= 11 is 0. The van der Waals surface area contributed by atoms with Crippen LogP contribution in [0, 0.1) is 11.8 Å². The highest BCUT2D eigenvalue weighted by Crippen LogP contribution is 2.34. The Bertz CT molecular complexity index is 410. The molecule has 2 rings (SSSR count). The molecule has 0 spiro atoms. The quantitative estimate of drug-likeness (QED) is 0.747. The Hall–Kier alpha value is -0.620. The minimum absolute atomic E-state index is 0.103. The van der Waals surface area contributed by atoms with Crippen LogP contribution in [-0.2, 0) is 14.8 Å². The number of hydrogen-bond acceptors (Lipinski definition) is 3. The monoisotopic (exact) mass is 289 g/mol. The second-order valence-electron chi connectivity index (χ2n) is 5.95. The number of nitrogens with one attached hydrogen (secondary N) is 1. The predicted molar refractivity (Wildman–Crippen MR) is 72.3 cm³/mol. The van der Waals surface area contributed by atoms with Gasteiger partial charge >= 0.3 is 5.97 Å². The maximum absolute atomic E-state index is 12.1. The first kappa shape index (κ1) is 14.8. The third kappa shape index (κ3) is 5.10. The topological polar surface area (TPSA) is 83.5 Å². The van der Waals surface area contributed by atoms with Gasteiger partial charge in [-0.15, -0.1) is 0 Å². The van der Waals surface area contributed by atoms with Crippen molar-refractivity contribution in [3.8, 4) is 0 Å². The molecule has 2 aliphatic rings. The molecule has 1 atom stereocenters. The van der Waals surface area contributed by atoms with Crippen LogP contribution in [0.2, 0.25) is 0 Å². The van der Waals surface area contributed by atoms with Gasteiger partial charge in [-0.05, 0) is 37.5 Å². The summed E-state index contributed by atoms with van der Waals surface area (Å²) in [6, 6.07) is -0.411. The molecule has 0 aliphatic heterocycles. The lowest BCUT2D eigenvalue weighted by Gasteiger charge is -2.23. The average molecular weight is 289 g/mol. The normalized spacial score (nSPS) is 23.2. The first-order chi connectivity index (χ1) is 8.96. The molecule has 110 valence electrons. The summed E-state index contributed by atoms with van der Waals surface area (Å²) in [6.07, 6.45) is 7.15. The maximum Gasteiger partial charge on any atom is 0.304 e. The van der Waals surface area contributed by atoms with Crippen molar-refractivity contribution < 1.29 is 18.3 Å².